The molecule has 1 saturated heterocycles. The summed E-state index contributed by atoms with van der Waals surface area (Å²) in [6.07, 6.45) is 4.39. The topological polar surface area (TPSA) is 58.4 Å². The van der Waals surface area contributed by atoms with Gasteiger partial charge in [0, 0.05) is 26.2 Å². The molecular weight excluding hydrogens is 274 g/mol. The molecule has 0 amide bonds. The normalized spacial score (nSPS) is 15.0. The number of aryl methyl sites for hydroxylation is 1. The first-order valence-corrected chi connectivity index (χ1v) is 7.82. The summed E-state index contributed by atoms with van der Waals surface area (Å²) in [5, 5.41) is 6.72. The Hall–Kier alpha value is -1.01. The predicted molar refractivity (Wildman–Crippen MR) is 84.0 cm³/mol. The quantitative estimate of drug-likeness (QED) is 0.644. The van der Waals surface area contributed by atoms with Gasteiger partial charge in [0.15, 0.2) is 0 Å². The molecule has 0 saturated carbocycles. The van der Waals surface area contributed by atoms with E-state index in [-0.39, 0.29) is 4.75 Å². The van der Waals surface area contributed by atoms with Crippen molar-refractivity contribution in [2.24, 2.45) is 0 Å². The average Bonchev–Trinajstić information content (AvgIpc) is 2.83. The third-order valence-electron chi connectivity index (χ3n) is 2.77. The molecule has 5 nitrogen and oxygen atoms in total. The molecule has 2 rings (SSSR count). The zero-order chi connectivity index (χ0) is 15.0. The second-order valence-electron chi connectivity index (χ2n) is 5.28. The SMILES string of the molecule is CC(C)(C=O)SN1CCC1.CCCc1cc(NC)on1. The molecule has 114 valence electrons. The van der Waals surface area contributed by atoms with Crippen molar-refractivity contribution >= 4 is 24.1 Å². The first kappa shape index (κ1) is 17.0. The first-order chi connectivity index (χ1) is 9.50. The van der Waals surface area contributed by atoms with Crippen molar-refractivity contribution in [1.29, 1.82) is 0 Å². The van der Waals surface area contributed by atoms with Crippen LogP contribution < -0.4 is 5.32 Å². The van der Waals surface area contributed by atoms with Gasteiger partial charge in [-0.1, -0.05) is 30.4 Å². The number of carbonyl (C=O) groups is 1. The van der Waals surface area contributed by atoms with Gasteiger partial charge < -0.3 is 14.6 Å². The van der Waals surface area contributed by atoms with Gasteiger partial charge in [-0.15, -0.1) is 0 Å². The Kier molecular flexibility index (Phi) is 7.09. The average molecular weight is 299 g/mol. The van der Waals surface area contributed by atoms with Crippen LogP contribution >= 0.6 is 11.9 Å². The van der Waals surface area contributed by atoms with Gasteiger partial charge in [-0.25, -0.2) is 4.31 Å². The fourth-order valence-corrected chi connectivity index (χ4v) is 2.69. The van der Waals surface area contributed by atoms with Crippen molar-refractivity contribution in [2.45, 2.75) is 44.8 Å². The second-order valence-corrected chi connectivity index (χ2v) is 7.03. The van der Waals surface area contributed by atoms with E-state index in [0.29, 0.717) is 0 Å². The third-order valence-corrected chi connectivity index (χ3v) is 3.96. The summed E-state index contributed by atoms with van der Waals surface area (Å²) in [7, 11) is 1.82. The first-order valence-electron chi connectivity index (χ1n) is 7.04. The van der Waals surface area contributed by atoms with Crippen LogP contribution in [0.5, 0.6) is 0 Å². The van der Waals surface area contributed by atoms with Gasteiger partial charge in [0.2, 0.25) is 5.88 Å². The van der Waals surface area contributed by atoms with Gasteiger partial charge >= 0.3 is 0 Å². The molecule has 1 N–H and O–H groups in total. The summed E-state index contributed by atoms with van der Waals surface area (Å²) in [4.78, 5) is 10.5. The number of nitrogens with zero attached hydrogens (tertiary/aromatic N) is 2. The highest BCUT2D eigenvalue weighted by Crippen LogP contribution is 2.29. The Morgan fingerprint density at radius 1 is 1.55 bits per heavy atom. The van der Waals surface area contributed by atoms with Crippen LogP contribution in [0.3, 0.4) is 0 Å². The Bertz CT molecular complexity index is 403. The van der Waals surface area contributed by atoms with Crippen LogP contribution in [0.25, 0.3) is 0 Å². The number of aldehydes is 1. The minimum absolute atomic E-state index is 0.222. The number of carbonyl (C=O) groups excluding carboxylic acids is 1. The zero-order valence-electron chi connectivity index (χ0n) is 12.8. The molecule has 1 aromatic rings. The summed E-state index contributed by atoms with van der Waals surface area (Å²) in [5.74, 6) is 0.739. The molecule has 1 aromatic heterocycles. The number of nitrogens with one attached hydrogen (secondary N) is 1. The Morgan fingerprint density at radius 2 is 2.25 bits per heavy atom. The van der Waals surface area contributed by atoms with Crippen molar-refractivity contribution in [1.82, 2.24) is 9.46 Å². The second kappa shape index (κ2) is 8.32. The van der Waals surface area contributed by atoms with Gasteiger partial charge in [0.1, 0.15) is 6.29 Å². The Labute approximate surface area is 125 Å². The number of aromatic nitrogens is 1. The summed E-state index contributed by atoms with van der Waals surface area (Å²) in [5.41, 5.74) is 1.02. The standard InChI is InChI=1S/C7H12N2O.C7H13NOS/c1-3-4-6-5-7(8-2)10-9-6;1-7(2,6-9)10-8-4-3-5-8/h5,8H,3-4H2,1-2H3;6H,3-5H2,1-2H3. The summed E-state index contributed by atoms with van der Waals surface area (Å²) in [6.45, 7) is 8.30. The van der Waals surface area contributed by atoms with Gasteiger partial charge in [-0.2, -0.15) is 0 Å². The van der Waals surface area contributed by atoms with E-state index < -0.39 is 0 Å². The maximum Gasteiger partial charge on any atom is 0.224 e. The summed E-state index contributed by atoms with van der Waals surface area (Å²) < 4.78 is 6.91. The van der Waals surface area contributed by atoms with E-state index in [0.717, 1.165) is 43.8 Å². The maximum atomic E-state index is 10.5. The maximum absolute atomic E-state index is 10.5. The van der Waals surface area contributed by atoms with Crippen LogP contribution in [0.15, 0.2) is 10.6 Å². The Morgan fingerprint density at radius 3 is 2.65 bits per heavy atom. The fourth-order valence-electron chi connectivity index (χ4n) is 1.54. The van der Waals surface area contributed by atoms with Crippen LogP contribution in [0.2, 0.25) is 0 Å². The van der Waals surface area contributed by atoms with Gasteiger partial charge in [0.25, 0.3) is 0 Å². The number of hydrogen-bond acceptors (Lipinski definition) is 6. The van der Waals surface area contributed by atoms with E-state index in [1.807, 2.05) is 27.0 Å². The number of rotatable bonds is 6. The molecule has 0 aliphatic carbocycles. The molecule has 0 spiro atoms. The molecule has 6 heteroatoms. The molecule has 1 aliphatic heterocycles. The van der Waals surface area contributed by atoms with E-state index in [9.17, 15) is 4.79 Å². The highest BCUT2D eigenvalue weighted by Gasteiger charge is 2.25. The monoisotopic (exact) mass is 299 g/mol. The van der Waals surface area contributed by atoms with Crippen LogP contribution in [-0.4, -0.2) is 40.6 Å². The zero-order valence-corrected chi connectivity index (χ0v) is 13.6. The van der Waals surface area contributed by atoms with E-state index in [2.05, 4.69) is 21.7 Å². The largest absolute Gasteiger partial charge is 0.357 e. The highest BCUT2D eigenvalue weighted by molar-refractivity contribution is 7.99. The minimum Gasteiger partial charge on any atom is -0.357 e. The van der Waals surface area contributed by atoms with Gasteiger partial charge in [-0.3, -0.25) is 0 Å². The molecule has 0 atom stereocenters. The molecule has 0 unspecified atom stereocenters. The van der Waals surface area contributed by atoms with Crippen molar-refractivity contribution in [2.75, 3.05) is 25.5 Å². The van der Waals surface area contributed by atoms with Crippen LogP contribution in [0.1, 0.15) is 39.3 Å². The van der Waals surface area contributed by atoms with E-state index in [4.69, 9.17) is 4.52 Å². The molecule has 20 heavy (non-hydrogen) atoms. The van der Waals surface area contributed by atoms with E-state index in [1.165, 1.54) is 6.42 Å². The molecule has 1 aliphatic rings. The number of hydrogen-bond donors (Lipinski definition) is 1. The lowest BCUT2D eigenvalue weighted by Gasteiger charge is -2.33. The molecule has 0 bridgehead atoms. The lowest BCUT2D eigenvalue weighted by Crippen LogP contribution is -2.36. The fraction of sp³-hybridized carbons (Fsp3) is 0.714. The highest BCUT2D eigenvalue weighted by atomic mass is 32.2. The van der Waals surface area contributed by atoms with Crippen molar-refractivity contribution in [3.63, 3.8) is 0 Å². The predicted octanol–water partition coefficient (Wildman–Crippen LogP) is 2.99. The van der Waals surface area contributed by atoms with E-state index in [1.54, 1.807) is 11.9 Å². The van der Waals surface area contributed by atoms with Crippen LogP contribution in [0, 0.1) is 0 Å². The van der Waals surface area contributed by atoms with Crippen molar-refractivity contribution in [3.05, 3.63) is 11.8 Å². The number of anilines is 1. The Balaban J connectivity index is 0.000000200. The molecular formula is C14H25N3O2S. The smallest absolute Gasteiger partial charge is 0.224 e. The summed E-state index contributed by atoms with van der Waals surface area (Å²) >= 11 is 1.65. The molecule has 0 radical (unpaired) electrons. The van der Waals surface area contributed by atoms with Crippen LogP contribution in [0.4, 0.5) is 5.88 Å². The molecule has 1 fully saturated rings. The third kappa shape index (κ3) is 5.96. The summed E-state index contributed by atoms with van der Waals surface area (Å²) in [6, 6.07) is 1.92. The lowest BCUT2D eigenvalue weighted by atomic mass is 10.2. The van der Waals surface area contributed by atoms with Gasteiger partial charge in [0.05, 0.1) is 10.4 Å². The molecule has 2 heterocycles. The van der Waals surface area contributed by atoms with E-state index >= 15 is 0 Å². The molecule has 0 aromatic carbocycles. The van der Waals surface area contributed by atoms with Crippen molar-refractivity contribution < 1.29 is 9.32 Å². The van der Waals surface area contributed by atoms with Crippen molar-refractivity contribution in [3.8, 4) is 0 Å². The minimum atomic E-state index is -0.222. The van der Waals surface area contributed by atoms with Gasteiger partial charge in [-0.05, 0) is 26.7 Å². The van der Waals surface area contributed by atoms with Crippen LogP contribution in [-0.2, 0) is 11.2 Å². The lowest BCUT2D eigenvalue weighted by molar-refractivity contribution is -0.109.